The van der Waals surface area contributed by atoms with Crippen molar-refractivity contribution in [2.45, 2.75) is 20.8 Å². The van der Waals surface area contributed by atoms with Gasteiger partial charge in [0.2, 0.25) is 0 Å². The summed E-state index contributed by atoms with van der Waals surface area (Å²) in [5.74, 6) is 1.65. The van der Waals surface area contributed by atoms with Crippen molar-refractivity contribution in [3.05, 3.63) is 0 Å². The fraction of sp³-hybridized carbons (Fsp3) is 0.875. The second-order valence-corrected chi connectivity index (χ2v) is 3.31. The molecular formula is C8H18N2. The molecule has 2 nitrogen and oxygen atoms in total. The molecule has 0 bridgehead atoms. The van der Waals surface area contributed by atoms with Crippen molar-refractivity contribution in [1.29, 1.82) is 5.41 Å². The number of hydrogen-bond donors (Lipinski definition) is 1. The van der Waals surface area contributed by atoms with Crippen molar-refractivity contribution in [2.75, 3.05) is 14.1 Å². The summed E-state index contributed by atoms with van der Waals surface area (Å²) < 4.78 is 0. The predicted molar refractivity (Wildman–Crippen MR) is 45.4 cm³/mol. The van der Waals surface area contributed by atoms with Gasteiger partial charge in [-0.2, -0.15) is 0 Å². The Morgan fingerprint density at radius 1 is 1.20 bits per heavy atom. The van der Waals surface area contributed by atoms with Crippen LogP contribution in [0, 0.1) is 17.2 Å². The van der Waals surface area contributed by atoms with E-state index < -0.39 is 0 Å². The van der Waals surface area contributed by atoms with Crippen LogP contribution in [0.5, 0.6) is 0 Å². The van der Waals surface area contributed by atoms with Crippen molar-refractivity contribution in [3.63, 3.8) is 0 Å². The number of nitrogens with zero attached hydrogens (tertiary/aromatic N) is 1. The Bertz CT molecular complexity index is 116. The molecule has 0 aromatic rings. The van der Waals surface area contributed by atoms with E-state index in [1.807, 2.05) is 19.0 Å². The van der Waals surface area contributed by atoms with Crippen LogP contribution in [-0.2, 0) is 0 Å². The van der Waals surface area contributed by atoms with E-state index in [9.17, 15) is 0 Å². The van der Waals surface area contributed by atoms with Crippen LogP contribution in [0.3, 0.4) is 0 Å². The monoisotopic (exact) mass is 142 g/mol. The number of hydrogen-bond acceptors (Lipinski definition) is 1. The highest BCUT2D eigenvalue weighted by Gasteiger charge is 2.13. The Balaban J connectivity index is 3.95. The lowest BCUT2D eigenvalue weighted by atomic mass is 9.96. The molecule has 0 aliphatic heterocycles. The zero-order valence-corrected chi connectivity index (χ0v) is 7.60. The quantitative estimate of drug-likeness (QED) is 0.462. The van der Waals surface area contributed by atoms with Crippen LogP contribution >= 0.6 is 0 Å². The standard InChI is InChI=1S/C8H18N2/c1-6(2)7(3)8(9)10(4)5/h6-7,9H,1-5H3. The van der Waals surface area contributed by atoms with Crippen molar-refractivity contribution in [3.8, 4) is 0 Å². The maximum absolute atomic E-state index is 7.61. The molecule has 0 aromatic heterocycles. The van der Waals surface area contributed by atoms with Crippen LogP contribution in [0.25, 0.3) is 0 Å². The molecule has 0 fully saturated rings. The molecule has 0 spiro atoms. The maximum atomic E-state index is 7.61. The SMILES string of the molecule is CC(C)C(C)C(=N)N(C)C. The van der Waals surface area contributed by atoms with Crippen LogP contribution in [-0.4, -0.2) is 24.8 Å². The van der Waals surface area contributed by atoms with Crippen molar-refractivity contribution in [1.82, 2.24) is 4.90 Å². The zero-order chi connectivity index (χ0) is 8.31. The lowest BCUT2D eigenvalue weighted by Crippen LogP contribution is -2.29. The van der Waals surface area contributed by atoms with Gasteiger partial charge in [0.1, 0.15) is 0 Å². The Morgan fingerprint density at radius 3 is 1.70 bits per heavy atom. The van der Waals surface area contributed by atoms with Gasteiger partial charge in [-0.25, -0.2) is 0 Å². The van der Waals surface area contributed by atoms with Crippen LogP contribution in [0.4, 0.5) is 0 Å². The van der Waals surface area contributed by atoms with E-state index in [1.54, 1.807) is 0 Å². The van der Waals surface area contributed by atoms with Gasteiger partial charge >= 0.3 is 0 Å². The van der Waals surface area contributed by atoms with E-state index in [2.05, 4.69) is 20.8 Å². The number of nitrogens with one attached hydrogen (secondary N) is 1. The Hall–Kier alpha value is -0.530. The van der Waals surface area contributed by atoms with Gasteiger partial charge in [-0.3, -0.25) is 5.41 Å². The smallest absolute Gasteiger partial charge is 0.0984 e. The fourth-order valence-corrected chi connectivity index (χ4v) is 0.723. The fourth-order valence-electron chi connectivity index (χ4n) is 0.723. The van der Waals surface area contributed by atoms with E-state index in [0.29, 0.717) is 11.8 Å². The molecule has 0 aliphatic rings. The second kappa shape index (κ2) is 3.59. The van der Waals surface area contributed by atoms with Gasteiger partial charge in [0.25, 0.3) is 0 Å². The highest BCUT2D eigenvalue weighted by molar-refractivity contribution is 5.80. The van der Waals surface area contributed by atoms with Gasteiger partial charge in [-0.15, -0.1) is 0 Å². The lowest BCUT2D eigenvalue weighted by molar-refractivity contribution is 0.466. The van der Waals surface area contributed by atoms with E-state index in [1.165, 1.54) is 0 Å². The normalized spacial score (nSPS) is 13.4. The summed E-state index contributed by atoms with van der Waals surface area (Å²) in [5.41, 5.74) is 0. The summed E-state index contributed by atoms with van der Waals surface area (Å²) in [5, 5.41) is 7.61. The second-order valence-electron chi connectivity index (χ2n) is 3.31. The van der Waals surface area contributed by atoms with E-state index in [0.717, 1.165) is 5.84 Å². The Kier molecular flexibility index (Phi) is 3.40. The van der Waals surface area contributed by atoms with Crippen LogP contribution in [0.1, 0.15) is 20.8 Å². The first-order valence-electron chi connectivity index (χ1n) is 3.72. The average molecular weight is 142 g/mol. The van der Waals surface area contributed by atoms with Crippen molar-refractivity contribution >= 4 is 5.84 Å². The summed E-state index contributed by atoms with van der Waals surface area (Å²) >= 11 is 0. The molecule has 60 valence electrons. The van der Waals surface area contributed by atoms with Crippen LogP contribution in [0.15, 0.2) is 0 Å². The van der Waals surface area contributed by atoms with Gasteiger partial charge < -0.3 is 4.90 Å². The first-order valence-corrected chi connectivity index (χ1v) is 3.72. The summed E-state index contributed by atoms with van der Waals surface area (Å²) in [6.07, 6.45) is 0. The molecule has 0 aromatic carbocycles. The largest absolute Gasteiger partial charge is 0.366 e. The molecule has 0 aliphatic carbocycles. The molecule has 1 unspecified atom stereocenters. The van der Waals surface area contributed by atoms with Crippen LogP contribution in [0.2, 0.25) is 0 Å². The Morgan fingerprint density at radius 2 is 1.60 bits per heavy atom. The third kappa shape index (κ3) is 2.38. The topological polar surface area (TPSA) is 27.1 Å². The molecule has 0 amide bonds. The molecule has 1 atom stereocenters. The van der Waals surface area contributed by atoms with Crippen molar-refractivity contribution in [2.24, 2.45) is 11.8 Å². The lowest BCUT2D eigenvalue weighted by Gasteiger charge is -2.22. The van der Waals surface area contributed by atoms with Crippen LogP contribution < -0.4 is 0 Å². The maximum Gasteiger partial charge on any atom is 0.0984 e. The molecule has 0 rings (SSSR count). The van der Waals surface area contributed by atoms with Gasteiger partial charge in [-0.1, -0.05) is 20.8 Å². The first-order chi connectivity index (χ1) is 4.46. The first kappa shape index (κ1) is 9.47. The third-order valence-electron chi connectivity index (χ3n) is 1.91. The predicted octanol–water partition coefficient (Wildman–Crippen LogP) is 1.82. The zero-order valence-electron chi connectivity index (χ0n) is 7.60. The summed E-state index contributed by atoms with van der Waals surface area (Å²) in [6.45, 7) is 6.37. The van der Waals surface area contributed by atoms with Gasteiger partial charge in [-0.05, 0) is 5.92 Å². The highest BCUT2D eigenvalue weighted by atomic mass is 15.1. The van der Waals surface area contributed by atoms with E-state index in [4.69, 9.17) is 5.41 Å². The van der Waals surface area contributed by atoms with Crippen molar-refractivity contribution < 1.29 is 0 Å². The van der Waals surface area contributed by atoms with E-state index in [-0.39, 0.29) is 0 Å². The average Bonchev–Trinajstić information content (AvgIpc) is 1.84. The molecular weight excluding hydrogens is 124 g/mol. The minimum atomic E-state index is 0.370. The summed E-state index contributed by atoms with van der Waals surface area (Å²) in [7, 11) is 3.84. The molecule has 2 heteroatoms. The molecule has 0 radical (unpaired) electrons. The molecule has 0 saturated carbocycles. The molecule has 0 heterocycles. The summed E-state index contributed by atoms with van der Waals surface area (Å²) in [4.78, 5) is 1.87. The minimum Gasteiger partial charge on any atom is -0.366 e. The molecule has 10 heavy (non-hydrogen) atoms. The Labute approximate surface area is 63.7 Å². The highest BCUT2D eigenvalue weighted by Crippen LogP contribution is 2.11. The minimum absolute atomic E-state index is 0.370. The van der Waals surface area contributed by atoms with Gasteiger partial charge in [0.15, 0.2) is 0 Å². The van der Waals surface area contributed by atoms with Gasteiger partial charge in [0, 0.05) is 20.0 Å². The molecule has 0 saturated heterocycles. The molecule has 1 N–H and O–H groups in total. The number of rotatable bonds is 2. The number of amidine groups is 1. The summed E-state index contributed by atoms with van der Waals surface area (Å²) in [6, 6.07) is 0. The van der Waals surface area contributed by atoms with E-state index >= 15 is 0 Å². The third-order valence-corrected chi connectivity index (χ3v) is 1.91. The van der Waals surface area contributed by atoms with Gasteiger partial charge in [0.05, 0.1) is 5.84 Å².